The summed E-state index contributed by atoms with van der Waals surface area (Å²) >= 11 is 0. The zero-order valence-electron chi connectivity index (χ0n) is 9.99. The molecule has 0 saturated heterocycles. The van der Waals surface area contributed by atoms with Crippen LogP contribution in [0.15, 0.2) is 42.5 Å². The summed E-state index contributed by atoms with van der Waals surface area (Å²) in [4.78, 5) is 11.9. The maximum Gasteiger partial charge on any atom is 0.255 e. The number of nitrogens with two attached hydrogens (primary N) is 1. The molecule has 0 heterocycles. The average Bonchev–Trinajstić information content (AvgIpc) is 2.44. The van der Waals surface area contributed by atoms with Crippen molar-refractivity contribution >= 4 is 11.6 Å². The molecule has 0 unspecified atom stereocenters. The molecule has 0 radical (unpaired) electrons. The Morgan fingerprint density at radius 2 is 1.89 bits per heavy atom. The highest BCUT2D eigenvalue weighted by molar-refractivity contribution is 6.04. The lowest BCUT2D eigenvalue weighted by molar-refractivity contribution is 0.102. The standard InChI is InChI=1S/C14H12F2N2O/c15-11-5-2-6-12(13(11)16)18-14(19)10-4-1-3-9(7-10)8-17/h1-7H,8,17H2,(H,18,19). The molecular weight excluding hydrogens is 250 g/mol. The average molecular weight is 262 g/mol. The Morgan fingerprint density at radius 3 is 2.63 bits per heavy atom. The molecule has 98 valence electrons. The van der Waals surface area contributed by atoms with E-state index in [1.807, 2.05) is 0 Å². The minimum atomic E-state index is -1.08. The molecule has 3 N–H and O–H groups in total. The Morgan fingerprint density at radius 1 is 1.16 bits per heavy atom. The van der Waals surface area contributed by atoms with Crippen LogP contribution in [0.4, 0.5) is 14.5 Å². The van der Waals surface area contributed by atoms with Gasteiger partial charge in [-0.05, 0) is 29.8 Å². The number of halogens is 2. The van der Waals surface area contributed by atoms with Crippen LogP contribution in [-0.4, -0.2) is 5.91 Å². The van der Waals surface area contributed by atoms with E-state index >= 15 is 0 Å². The maximum atomic E-state index is 13.4. The van der Waals surface area contributed by atoms with Gasteiger partial charge in [0.05, 0.1) is 5.69 Å². The molecule has 5 heteroatoms. The number of hydrogen-bond donors (Lipinski definition) is 2. The van der Waals surface area contributed by atoms with Crippen molar-refractivity contribution in [3.63, 3.8) is 0 Å². The molecule has 0 aliphatic carbocycles. The van der Waals surface area contributed by atoms with Crippen LogP contribution in [0.2, 0.25) is 0 Å². The van der Waals surface area contributed by atoms with Gasteiger partial charge in [-0.3, -0.25) is 4.79 Å². The molecule has 0 aliphatic heterocycles. The molecule has 0 spiro atoms. The van der Waals surface area contributed by atoms with E-state index in [0.29, 0.717) is 12.1 Å². The van der Waals surface area contributed by atoms with Gasteiger partial charge in [-0.15, -0.1) is 0 Å². The second-order valence-corrected chi connectivity index (χ2v) is 3.96. The highest BCUT2D eigenvalue weighted by Crippen LogP contribution is 2.17. The number of rotatable bonds is 3. The van der Waals surface area contributed by atoms with Crippen LogP contribution in [0, 0.1) is 11.6 Å². The fourth-order valence-corrected chi connectivity index (χ4v) is 1.63. The monoisotopic (exact) mass is 262 g/mol. The molecule has 0 saturated carbocycles. The van der Waals surface area contributed by atoms with Gasteiger partial charge < -0.3 is 11.1 Å². The van der Waals surface area contributed by atoms with E-state index < -0.39 is 17.5 Å². The van der Waals surface area contributed by atoms with Crippen LogP contribution in [-0.2, 0) is 6.54 Å². The normalized spacial score (nSPS) is 10.3. The van der Waals surface area contributed by atoms with Crippen LogP contribution in [0.5, 0.6) is 0 Å². The second-order valence-electron chi connectivity index (χ2n) is 3.96. The van der Waals surface area contributed by atoms with Gasteiger partial charge in [-0.2, -0.15) is 0 Å². The number of anilines is 1. The SMILES string of the molecule is NCc1cccc(C(=O)Nc2cccc(F)c2F)c1. The minimum absolute atomic E-state index is 0.192. The fraction of sp³-hybridized carbons (Fsp3) is 0.0714. The summed E-state index contributed by atoms with van der Waals surface area (Å²) in [5.41, 5.74) is 6.41. The highest BCUT2D eigenvalue weighted by atomic mass is 19.2. The van der Waals surface area contributed by atoms with E-state index in [2.05, 4.69) is 5.32 Å². The van der Waals surface area contributed by atoms with Gasteiger partial charge in [0, 0.05) is 12.1 Å². The number of carbonyl (C=O) groups excluding carboxylic acids is 1. The highest BCUT2D eigenvalue weighted by Gasteiger charge is 2.12. The van der Waals surface area contributed by atoms with Gasteiger partial charge in [-0.1, -0.05) is 18.2 Å². The minimum Gasteiger partial charge on any atom is -0.326 e. The Labute approximate surface area is 109 Å². The van der Waals surface area contributed by atoms with Gasteiger partial charge >= 0.3 is 0 Å². The smallest absolute Gasteiger partial charge is 0.255 e. The van der Waals surface area contributed by atoms with Gasteiger partial charge in [-0.25, -0.2) is 8.78 Å². The summed E-state index contributed by atoms with van der Waals surface area (Å²) in [5.74, 6) is -2.60. The van der Waals surface area contributed by atoms with Gasteiger partial charge in [0.15, 0.2) is 11.6 Å². The van der Waals surface area contributed by atoms with Crippen LogP contribution in [0.25, 0.3) is 0 Å². The van der Waals surface area contributed by atoms with Gasteiger partial charge in [0.25, 0.3) is 5.91 Å². The molecule has 0 bridgehead atoms. The lowest BCUT2D eigenvalue weighted by Gasteiger charge is -2.07. The Kier molecular flexibility index (Phi) is 3.87. The van der Waals surface area contributed by atoms with Crippen molar-refractivity contribution in [2.75, 3.05) is 5.32 Å². The van der Waals surface area contributed by atoms with E-state index in [1.54, 1.807) is 24.3 Å². The molecule has 2 aromatic rings. The van der Waals surface area contributed by atoms with Crippen molar-refractivity contribution in [1.82, 2.24) is 0 Å². The first-order valence-corrected chi connectivity index (χ1v) is 5.66. The predicted molar refractivity (Wildman–Crippen MR) is 68.6 cm³/mol. The van der Waals surface area contributed by atoms with Crippen molar-refractivity contribution < 1.29 is 13.6 Å². The van der Waals surface area contributed by atoms with Gasteiger partial charge in [0.2, 0.25) is 0 Å². The third-order valence-corrected chi connectivity index (χ3v) is 2.62. The van der Waals surface area contributed by atoms with E-state index in [9.17, 15) is 13.6 Å². The zero-order chi connectivity index (χ0) is 13.8. The lowest BCUT2D eigenvalue weighted by Crippen LogP contribution is -2.14. The van der Waals surface area contributed by atoms with E-state index in [4.69, 9.17) is 5.73 Å². The summed E-state index contributed by atoms with van der Waals surface area (Å²) in [6, 6.07) is 10.2. The molecular formula is C14H12F2N2O. The molecule has 0 aliphatic rings. The fourth-order valence-electron chi connectivity index (χ4n) is 1.63. The van der Waals surface area contributed by atoms with Crippen LogP contribution < -0.4 is 11.1 Å². The van der Waals surface area contributed by atoms with E-state index in [-0.39, 0.29) is 5.69 Å². The number of benzene rings is 2. The molecule has 19 heavy (non-hydrogen) atoms. The summed E-state index contributed by atoms with van der Waals surface area (Å²) in [6.07, 6.45) is 0. The number of amides is 1. The Bertz CT molecular complexity index is 614. The van der Waals surface area contributed by atoms with Gasteiger partial charge in [0.1, 0.15) is 0 Å². The molecule has 2 aromatic carbocycles. The largest absolute Gasteiger partial charge is 0.326 e. The van der Waals surface area contributed by atoms with Crippen LogP contribution in [0.3, 0.4) is 0 Å². The predicted octanol–water partition coefficient (Wildman–Crippen LogP) is 2.68. The zero-order valence-corrected chi connectivity index (χ0v) is 9.99. The molecule has 1 amide bonds. The number of hydrogen-bond acceptors (Lipinski definition) is 2. The summed E-state index contributed by atoms with van der Waals surface area (Å²) in [6.45, 7) is 0.301. The van der Waals surface area contributed by atoms with Crippen LogP contribution in [0.1, 0.15) is 15.9 Å². The molecule has 0 aromatic heterocycles. The quantitative estimate of drug-likeness (QED) is 0.893. The first-order chi connectivity index (χ1) is 9.11. The van der Waals surface area contributed by atoms with Crippen molar-refractivity contribution in [2.45, 2.75) is 6.54 Å². The summed E-state index contributed by atoms with van der Waals surface area (Å²) in [5, 5.41) is 2.32. The summed E-state index contributed by atoms with van der Waals surface area (Å²) in [7, 11) is 0. The Hall–Kier alpha value is -2.27. The summed E-state index contributed by atoms with van der Waals surface area (Å²) < 4.78 is 26.4. The van der Waals surface area contributed by atoms with Crippen molar-refractivity contribution in [2.24, 2.45) is 5.73 Å². The van der Waals surface area contributed by atoms with E-state index in [0.717, 1.165) is 11.6 Å². The van der Waals surface area contributed by atoms with Crippen molar-refractivity contribution in [3.8, 4) is 0 Å². The topological polar surface area (TPSA) is 55.1 Å². The van der Waals surface area contributed by atoms with Crippen molar-refractivity contribution in [3.05, 3.63) is 65.2 Å². The third-order valence-electron chi connectivity index (χ3n) is 2.62. The Balaban J connectivity index is 2.23. The molecule has 3 nitrogen and oxygen atoms in total. The van der Waals surface area contributed by atoms with E-state index in [1.165, 1.54) is 12.1 Å². The maximum absolute atomic E-state index is 13.4. The lowest BCUT2D eigenvalue weighted by atomic mass is 10.1. The second kappa shape index (κ2) is 5.58. The first kappa shape index (κ1) is 13.2. The molecule has 2 rings (SSSR count). The number of carbonyl (C=O) groups is 1. The molecule has 0 fully saturated rings. The molecule has 0 atom stereocenters. The first-order valence-electron chi connectivity index (χ1n) is 5.66. The van der Waals surface area contributed by atoms with Crippen LogP contribution >= 0.6 is 0 Å². The van der Waals surface area contributed by atoms with Crippen molar-refractivity contribution in [1.29, 1.82) is 0 Å². The number of nitrogens with one attached hydrogen (secondary N) is 1. The third kappa shape index (κ3) is 2.95.